The highest BCUT2D eigenvalue weighted by Gasteiger charge is 2.31. The van der Waals surface area contributed by atoms with Gasteiger partial charge in [0, 0.05) is 18.1 Å². The quantitative estimate of drug-likeness (QED) is 0.364. The van der Waals surface area contributed by atoms with Crippen molar-refractivity contribution in [1.82, 2.24) is 15.0 Å². The van der Waals surface area contributed by atoms with Crippen LogP contribution in [0.4, 0.5) is 19.0 Å². The number of carbonyl (C=O) groups excluding carboxylic acids is 1. The Morgan fingerprint density at radius 2 is 1.62 bits per heavy atom. The maximum absolute atomic E-state index is 12.7. The van der Waals surface area contributed by atoms with E-state index in [0.717, 1.165) is 22.9 Å². The van der Waals surface area contributed by atoms with Gasteiger partial charge < -0.3 is 4.57 Å². The standard InChI is InChI=1S/C23H16ClF3N4O/c24-19-13-17(23(25,26)27)14-28-21(19)29-30-22(32)20-7-4-12-31(20)18-10-8-16(9-11-18)15-5-2-1-3-6-15/h1-14H,(H,28,29)(H,30,32). The smallest absolute Gasteiger partial charge is 0.312 e. The third-order valence-corrected chi connectivity index (χ3v) is 4.99. The Kier molecular flexibility index (Phi) is 5.87. The molecule has 2 heterocycles. The molecule has 0 aliphatic heterocycles. The molecule has 0 saturated heterocycles. The van der Waals surface area contributed by atoms with E-state index in [0.29, 0.717) is 11.9 Å². The molecule has 32 heavy (non-hydrogen) atoms. The fraction of sp³-hybridized carbons (Fsp3) is 0.0435. The van der Waals surface area contributed by atoms with Crippen molar-refractivity contribution in [3.05, 3.63) is 101 Å². The van der Waals surface area contributed by atoms with Crippen molar-refractivity contribution in [2.24, 2.45) is 0 Å². The average molecular weight is 457 g/mol. The van der Waals surface area contributed by atoms with Crippen molar-refractivity contribution in [1.29, 1.82) is 0 Å². The maximum Gasteiger partial charge on any atom is 0.417 e. The van der Waals surface area contributed by atoms with Crippen molar-refractivity contribution in [3.63, 3.8) is 0 Å². The Hall–Kier alpha value is -3.78. The summed E-state index contributed by atoms with van der Waals surface area (Å²) in [6, 6.07) is 21.6. The number of pyridine rings is 1. The van der Waals surface area contributed by atoms with Crippen molar-refractivity contribution in [3.8, 4) is 16.8 Å². The second-order valence-corrected chi connectivity index (χ2v) is 7.21. The first-order valence-corrected chi connectivity index (χ1v) is 9.83. The number of hydrogen-bond donors (Lipinski definition) is 2. The molecule has 2 N–H and O–H groups in total. The van der Waals surface area contributed by atoms with E-state index >= 15 is 0 Å². The molecule has 0 radical (unpaired) electrons. The number of anilines is 1. The minimum absolute atomic E-state index is 0.0988. The van der Waals surface area contributed by atoms with Gasteiger partial charge in [0.1, 0.15) is 5.69 Å². The lowest BCUT2D eigenvalue weighted by molar-refractivity contribution is -0.137. The topological polar surface area (TPSA) is 59.0 Å². The lowest BCUT2D eigenvalue weighted by atomic mass is 10.1. The number of alkyl halides is 3. The Morgan fingerprint density at radius 1 is 0.938 bits per heavy atom. The van der Waals surface area contributed by atoms with Crippen molar-refractivity contribution >= 4 is 23.3 Å². The molecule has 0 aliphatic rings. The fourth-order valence-corrected chi connectivity index (χ4v) is 3.31. The fourth-order valence-electron chi connectivity index (χ4n) is 3.10. The predicted molar refractivity (Wildman–Crippen MR) is 117 cm³/mol. The van der Waals surface area contributed by atoms with E-state index in [9.17, 15) is 18.0 Å². The molecular weight excluding hydrogens is 441 g/mol. The molecule has 0 unspecified atom stereocenters. The summed E-state index contributed by atoms with van der Waals surface area (Å²) in [6.07, 6.45) is -2.19. The molecule has 2 aromatic carbocycles. The molecule has 9 heteroatoms. The van der Waals surface area contributed by atoms with E-state index < -0.39 is 17.6 Å². The third-order valence-electron chi connectivity index (χ3n) is 4.70. The number of carbonyl (C=O) groups is 1. The molecule has 1 amide bonds. The van der Waals surface area contributed by atoms with Crippen LogP contribution in [0.5, 0.6) is 0 Å². The number of rotatable bonds is 5. The first-order valence-electron chi connectivity index (χ1n) is 9.45. The van der Waals surface area contributed by atoms with Gasteiger partial charge >= 0.3 is 6.18 Å². The van der Waals surface area contributed by atoms with Gasteiger partial charge in [0.2, 0.25) is 0 Å². The molecule has 162 valence electrons. The van der Waals surface area contributed by atoms with Crippen LogP contribution in [0.15, 0.2) is 85.2 Å². The van der Waals surface area contributed by atoms with Gasteiger partial charge in [-0.3, -0.25) is 15.6 Å². The summed E-state index contributed by atoms with van der Waals surface area (Å²) in [4.78, 5) is 16.3. The minimum Gasteiger partial charge on any atom is -0.312 e. The van der Waals surface area contributed by atoms with Crippen LogP contribution in [0.3, 0.4) is 0 Å². The molecule has 0 atom stereocenters. The number of hydrazine groups is 1. The summed E-state index contributed by atoms with van der Waals surface area (Å²) < 4.78 is 39.9. The molecular formula is C23H16ClF3N4O. The number of nitrogens with one attached hydrogen (secondary N) is 2. The number of halogens is 4. The van der Waals surface area contributed by atoms with Gasteiger partial charge in [0.25, 0.3) is 5.91 Å². The monoisotopic (exact) mass is 456 g/mol. The molecule has 0 spiro atoms. The highest BCUT2D eigenvalue weighted by molar-refractivity contribution is 6.33. The van der Waals surface area contributed by atoms with E-state index in [1.807, 2.05) is 54.6 Å². The molecule has 0 fully saturated rings. The molecule has 0 saturated carbocycles. The van der Waals surface area contributed by atoms with Crippen LogP contribution in [0.2, 0.25) is 5.02 Å². The molecule has 4 rings (SSSR count). The Bertz CT molecular complexity index is 1240. The number of aromatic nitrogens is 2. The Balaban J connectivity index is 1.48. The van der Waals surface area contributed by atoms with E-state index in [1.54, 1.807) is 22.9 Å². The maximum atomic E-state index is 12.7. The second-order valence-electron chi connectivity index (χ2n) is 6.81. The first kappa shape index (κ1) is 21.5. The molecule has 2 aromatic heterocycles. The molecule has 0 bridgehead atoms. The lowest BCUT2D eigenvalue weighted by Crippen LogP contribution is -2.31. The summed E-state index contributed by atoms with van der Waals surface area (Å²) in [6.45, 7) is 0. The number of hydrogen-bond acceptors (Lipinski definition) is 3. The number of nitrogens with zero attached hydrogens (tertiary/aromatic N) is 2. The van der Waals surface area contributed by atoms with Crippen LogP contribution >= 0.6 is 11.6 Å². The zero-order valence-corrected chi connectivity index (χ0v) is 17.2. The highest BCUT2D eigenvalue weighted by Crippen LogP contribution is 2.32. The van der Waals surface area contributed by atoms with Gasteiger partial charge in [0.05, 0.1) is 10.6 Å². The molecule has 5 nitrogen and oxygen atoms in total. The minimum atomic E-state index is -4.56. The highest BCUT2D eigenvalue weighted by atomic mass is 35.5. The largest absolute Gasteiger partial charge is 0.417 e. The van der Waals surface area contributed by atoms with Crippen LogP contribution in [-0.2, 0) is 6.18 Å². The first-order chi connectivity index (χ1) is 15.3. The lowest BCUT2D eigenvalue weighted by Gasteiger charge is -2.13. The zero-order valence-electron chi connectivity index (χ0n) is 16.4. The van der Waals surface area contributed by atoms with Crippen LogP contribution in [0, 0.1) is 0 Å². The van der Waals surface area contributed by atoms with Gasteiger partial charge in [-0.05, 0) is 41.5 Å². The van der Waals surface area contributed by atoms with Crippen LogP contribution < -0.4 is 10.9 Å². The van der Waals surface area contributed by atoms with Crippen molar-refractivity contribution in [2.75, 3.05) is 5.43 Å². The van der Waals surface area contributed by atoms with Gasteiger partial charge in [-0.2, -0.15) is 13.2 Å². The van der Waals surface area contributed by atoms with Gasteiger partial charge in [-0.1, -0.05) is 54.1 Å². The van der Waals surface area contributed by atoms with Crippen molar-refractivity contribution in [2.45, 2.75) is 6.18 Å². The summed E-state index contributed by atoms with van der Waals surface area (Å²) in [7, 11) is 0. The van der Waals surface area contributed by atoms with E-state index in [1.165, 1.54) is 0 Å². The van der Waals surface area contributed by atoms with Crippen LogP contribution in [-0.4, -0.2) is 15.5 Å². The summed E-state index contributed by atoms with van der Waals surface area (Å²) in [5, 5.41) is -0.271. The van der Waals surface area contributed by atoms with Crippen LogP contribution in [0.1, 0.15) is 16.1 Å². The van der Waals surface area contributed by atoms with E-state index in [-0.39, 0.29) is 10.8 Å². The van der Waals surface area contributed by atoms with Crippen molar-refractivity contribution < 1.29 is 18.0 Å². The normalized spacial score (nSPS) is 11.2. The summed E-state index contributed by atoms with van der Waals surface area (Å²) in [5.74, 6) is -0.613. The Morgan fingerprint density at radius 3 is 2.28 bits per heavy atom. The van der Waals surface area contributed by atoms with Gasteiger partial charge in [-0.25, -0.2) is 4.98 Å². The summed E-state index contributed by atoms with van der Waals surface area (Å²) in [5.41, 5.74) is 7.10. The molecule has 4 aromatic rings. The molecule has 0 aliphatic carbocycles. The van der Waals surface area contributed by atoms with Crippen LogP contribution in [0.25, 0.3) is 16.8 Å². The summed E-state index contributed by atoms with van der Waals surface area (Å²) >= 11 is 5.85. The predicted octanol–water partition coefficient (Wildman–Crippen LogP) is 5.97. The van der Waals surface area contributed by atoms with E-state index in [4.69, 9.17) is 11.6 Å². The van der Waals surface area contributed by atoms with E-state index in [2.05, 4.69) is 15.8 Å². The second kappa shape index (κ2) is 8.76. The van der Waals surface area contributed by atoms with Gasteiger partial charge in [-0.15, -0.1) is 0 Å². The van der Waals surface area contributed by atoms with Gasteiger partial charge in [0.15, 0.2) is 5.82 Å². The number of benzene rings is 2. The average Bonchev–Trinajstić information content (AvgIpc) is 3.28. The Labute approximate surface area is 186 Å². The SMILES string of the molecule is O=C(NNc1ncc(C(F)(F)F)cc1Cl)c1cccn1-c1ccc(-c2ccccc2)cc1. The number of amides is 1. The zero-order chi connectivity index (χ0) is 22.7. The third kappa shape index (κ3) is 4.60.